The predicted molar refractivity (Wildman–Crippen MR) is 49.5 cm³/mol. The number of carbonyl (C=O) groups excluding carboxylic acids is 1. The monoisotopic (exact) mass is 234 g/mol. The number of aldehydes is 1. The van der Waals surface area contributed by atoms with Crippen LogP contribution < -0.4 is 0 Å². The minimum atomic E-state index is -3.78. The van der Waals surface area contributed by atoms with Gasteiger partial charge in [0.15, 0.2) is 16.1 Å². The van der Waals surface area contributed by atoms with Crippen molar-refractivity contribution in [3.63, 3.8) is 0 Å². The molecule has 82 valence electrons. The summed E-state index contributed by atoms with van der Waals surface area (Å²) in [4.78, 5) is 9.64. The molecule has 1 aromatic carbocycles. The number of halogens is 2. The number of carbonyl (C=O) groups is 1. The minimum Gasteiger partial charge on any atom is -0.296 e. The van der Waals surface area contributed by atoms with Gasteiger partial charge in [0.2, 0.25) is 0 Å². The van der Waals surface area contributed by atoms with Gasteiger partial charge in [0.25, 0.3) is 0 Å². The van der Waals surface area contributed by atoms with Gasteiger partial charge in [-0.1, -0.05) is 18.2 Å². The minimum absolute atomic E-state index is 0.526. The second-order valence-electron chi connectivity index (χ2n) is 3.01. The zero-order chi connectivity index (χ0) is 11.7. The normalized spacial score (nSPS) is 12.5. The van der Waals surface area contributed by atoms with Gasteiger partial charge in [-0.15, -0.1) is 0 Å². The lowest BCUT2D eigenvalue weighted by Crippen LogP contribution is -2.18. The Morgan fingerprint density at radius 2 is 1.80 bits per heavy atom. The SMILES string of the molecule is CS(=O)(=O)c1ccccc1C(F)(F)C=O. The van der Waals surface area contributed by atoms with Gasteiger partial charge >= 0.3 is 5.92 Å². The van der Waals surface area contributed by atoms with Crippen LogP contribution in [-0.4, -0.2) is 21.0 Å². The van der Waals surface area contributed by atoms with E-state index in [1.165, 1.54) is 12.1 Å². The standard InChI is InChI=1S/C9H8F2O3S/c1-15(13,14)8-5-3-2-4-7(8)9(10,11)6-12/h2-6H,1H3. The van der Waals surface area contributed by atoms with Crippen LogP contribution in [0.3, 0.4) is 0 Å². The molecule has 0 bridgehead atoms. The smallest absolute Gasteiger partial charge is 0.296 e. The first-order chi connectivity index (χ1) is 6.79. The lowest BCUT2D eigenvalue weighted by molar-refractivity contribution is -0.130. The van der Waals surface area contributed by atoms with E-state index in [9.17, 15) is 22.0 Å². The summed E-state index contributed by atoms with van der Waals surface area (Å²) in [5.41, 5.74) is -0.789. The van der Waals surface area contributed by atoms with E-state index in [1.807, 2.05) is 0 Å². The fraction of sp³-hybridized carbons (Fsp3) is 0.222. The summed E-state index contributed by atoms with van der Waals surface area (Å²) in [5.74, 6) is -3.78. The first-order valence-corrected chi connectivity index (χ1v) is 5.82. The molecule has 6 heteroatoms. The third-order valence-corrected chi connectivity index (χ3v) is 2.95. The number of rotatable bonds is 3. The van der Waals surface area contributed by atoms with Gasteiger partial charge in [-0.25, -0.2) is 8.42 Å². The molecule has 0 aliphatic carbocycles. The maximum atomic E-state index is 13.0. The molecule has 0 aliphatic rings. The summed E-state index contributed by atoms with van der Waals surface area (Å²) in [6, 6.07) is 4.54. The predicted octanol–water partition coefficient (Wildman–Crippen LogP) is 1.38. The average molecular weight is 234 g/mol. The van der Waals surface area contributed by atoms with Crippen molar-refractivity contribution in [2.45, 2.75) is 10.8 Å². The van der Waals surface area contributed by atoms with Crippen LogP contribution in [0.25, 0.3) is 0 Å². The van der Waals surface area contributed by atoms with E-state index in [4.69, 9.17) is 0 Å². The zero-order valence-electron chi connectivity index (χ0n) is 7.78. The van der Waals surface area contributed by atoms with Gasteiger partial charge in [0.1, 0.15) is 0 Å². The Bertz CT molecular complexity index is 480. The molecule has 0 aromatic heterocycles. The summed E-state index contributed by atoms with van der Waals surface area (Å²) >= 11 is 0. The van der Waals surface area contributed by atoms with Gasteiger partial charge in [-0.2, -0.15) is 8.78 Å². The van der Waals surface area contributed by atoms with Crippen LogP contribution in [0.1, 0.15) is 5.56 Å². The fourth-order valence-electron chi connectivity index (χ4n) is 1.13. The Balaban J connectivity index is 3.51. The van der Waals surface area contributed by atoms with Crippen molar-refractivity contribution in [2.75, 3.05) is 6.26 Å². The van der Waals surface area contributed by atoms with E-state index in [-0.39, 0.29) is 0 Å². The van der Waals surface area contributed by atoms with Gasteiger partial charge < -0.3 is 0 Å². The van der Waals surface area contributed by atoms with E-state index >= 15 is 0 Å². The van der Waals surface area contributed by atoms with Crippen molar-refractivity contribution in [3.05, 3.63) is 29.8 Å². The maximum absolute atomic E-state index is 13.0. The van der Waals surface area contributed by atoms with E-state index in [1.54, 1.807) is 0 Å². The summed E-state index contributed by atoms with van der Waals surface area (Å²) in [5, 5.41) is 0. The number of benzene rings is 1. The average Bonchev–Trinajstić information content (AvgIpc) is 2.16. The Kier molecular flexibility index (Phi) is 2.90. The molecular formula is C9H8F2O3S. The first kappa shape index (κ1) is 11.8. The van der Waals surface area contributed by atoms with Crippen LogP contribution in [0.2, 0.25) is 0 Å². The summed E-state index contributed by atoms with van der Waals surface area (Å²) in [7, 11) is -3.77. The van der Waals surface area contributed by atoms with Gasteiger partial charge in [0.05, 0.1) is 4.90 Å². The van der Waals surface area contributed by atoms with Crippen LogP contribution in [0.5, 0.6) is 0 Å². The molecule has 0 N–H and O–H groups in total. The summed E-state index contributed by atoms with van der Waals surface area (Å²) in [6.45, 7) is 0. The number of hydrogen-bond acceptors (Lipinski definition) is 3. The van der Waals surface area contributed by atoms with Crippen molar-refractivity contribution < 1.29 is 22.0 Å². The molecule has 1 aromatic rings. The molecule has 0 amide bonds. The second-order valence-corrected chi connectivity index (χ2v) is 4.99. The van der Waals surface area contributed by atoms with Gasteiger partial charge in [-0.3, -0.25) is 4.79 Å². The van der Waals surface area contributed by atoms with Crippen molar-refractivity contribution in [2.24, 2.45) is 0 Å². The number of sulfone groups is 1. The van der Waals surface area contributed by atoms with Crippen molar-refractivity contribution in [3.8, 4) is 0 Å². The lowest BCUT2D eigenvalue weighted by Gasteiger charge is -2.12. The van der Waals surface area contributed by atoms with Crippen LogP contribution in [0.15, 0.2) is 29.2 Å². The van der Waals surface area contributed by atoms with Crippen LogP contribution >= 0.6 is 0 Å². The Labute approximate surface area is 85.6 Å². The van der Waals surface area contributed by atoms with Crippen LogP contribution in [-0.2, 0) is 20.6 Å². The second kappa shape index (κ2) is 3.69. The highest BCUT2D eigenvalue weighted by Crippen LogP contribution is 2.30. The molecule has 15 heavy (non-hydrogen) atoms. The molecule has 0 atom stereocenters. The van der Waals surface area contributed by atoms with Crippen LogP contribution in [0.4, 0.5) is 8.78 Å². The largest absolute Gasteiger partial charge is 0.328 e. The highest BCUT2D eigenvalue weighted by Gasteiger charge is 2.35. The van der Waals surface area contributed by atoms with E-state index in [2.05, 4.69) is 0 Å². The molecule has 0 unspecified atom stereocenters. The molecule has 0 saturated heterocycles. The molecule has 0 heterocycles. The summed E-state index contributed by atoms with van der Waals surface area (Å²) in [6.07, 6.45) is 0.240. The highest BCUT2D eigenvalue weighted by molar-refractivity contribution is 7.90. The molecule has 0 fully saturated rings. The molecule has 0 aliphatic heterocycles. The third kappa shape index (κ3) is 2.38. The quantitative estimate of drug-likeness (QED) is 0.742. The van der Waals surface area contributed by atoms with Crippen molar-refractivity contribution >= 4 is 16.1 Å². The number of alkyl halides is 2. The van der Waals surface area contributed by atoms with Crippen molar-refractivity contribution in [1.82, 2.24) is 0 Å². The van der Waals surface area contributed by atoms with E-state index in [0.29, 0.717) is 0 Å². The Hall–Kier alpha value is -1.30. The number of hydrogen-bond donors (Lipinski definition) is 0. The maximum Gasteiger partial charge on any atom is 0.328 e. The highest BCUT2D eigenvalue weighted by atomic mass is 32.2. The fourth-order valence-corrected chi connectivity index (χ4v) is 2.06. The van der Waals surface area contributed by atoms with E-state index in [0.717, 1.165) is 18.4 Å². The van der Waals surface area contributed by atoms with Crippen molar-refractivity contribution in [1.29, 1.82) is 0 Å². The molecule has 1 rings (SSSR count). The summed E-state index contributed by atoms with van der Waals surface area (Å²) < 4.78 is 48.4. The molecular weight excluding hydrogens is 226 g/mol. The molecule has 3 nitrogen and oxygen atoms in total. The topological polar surface area (TPSA) is 51.2 Å². The van der Waals surface area contributed by atoms with E-state index < -0.39 is 32.5 Å². The zero-order valence-corrected chi connectivity index (χ0v) is 8.59. The molecule has 0 saturated carbocycles. The Morgan fingerprint density at radius 3 is 2.27 bits per heavy atom. The molecule has 0 spiro atoms. The molecule has 0 radical (unpaired) electrons. The van der Waals surface area contributed by atoms with Gasteiger partial charge in [0, 0.05) is 11.8 Å². The third-order valence-electron chi connectivity index (χ3n) is 1.79. The lowest BCUT2D eigenvalue weighted by atomic mass is 10.1. The van der Waals surface area contributed by atoms with Crippen LogP contribution in [0, 0.1) is 0 Å². The van der Waals surface area contributed by atoms with Gasteiger partial charge in [-0.05, 0) is 6.07 Å². The Morgan fingerprint density at radius 1 is 1.27 bits per heavy atom. The first-order valence-electron chi connectivity index (χ1n) is 3.93.